The number of benzene rings is 2. The van der Waals surface area contributed by atoms with Crippen molar-refractivity contribution < 1.29 is 14.3 Å². The Kier molecular flexibility index (Phi) is 7.67. The average molecular weight is 490 g/mol. The third-order valence-electron chi connectivity index (χ3n) is 5.37. The Morgan fingerprint density at radius 3 is 2.60 bits per heavy atom. The minimum atomic E-state index is -0.187. The number of methoxy groups -OCH3 is 2. The van der Waals surface area contributed by atoms with Crippen molar-refractivity contribution in [2.24, 2.45) is 0 Å². The number of nitrogens with one attached hydrogen (secondary N) is 1. The number of nitrogens with zero attached hydrogens (tertiary/aromatic N) is 4. The molecule has 0 aliphatic rings. The molecule has 4 aromatic rings. The molecule has 180 valence electrons. The molecule has 2 aromatic heterocycles. The summed E-state index contributed by atoms with van der Waals surface area (Å²) >= 11 is 1.32. The first-order chi connectivity index (χ1) is 17.0. The third kappa shape index (κ3) is 5.46. The summed E-state index contributed by atoms with van der Waals surface area (Å²) in [7, 11) is 3.13. The van der Waals surface area contributed by atoms with E-state index in [2.05, 4.69) is 40.4 Å². The third-order valence-corrected chi connectivity index (χ3v) is 6.30. The predicted molar refractivity (Wildman–Crippen MR) is 138 cm³/mol. The molecule has 9 heteroatoms. The molecule has 2 heterocycles. The van der Waals surface area contributed by atoms with Crippen molar-refractivity contribution in [3.05, 3.63) is 72.6 Å². The molecule has 0 atom stereocenters. The number of carbonyl (C=O) groups excluding carboxylic acids is 1. The van der Waals surface area contributed by atoms with Gasteiger partial charge in [0.25, 0.3) is 0 Å². The predicted octanol–water partition coefficient (Wildman–Crippen LogP) is 5.20. The Hall–Kier alpha value is -3.85. The summed E-state index contributed by atoms with van der Waals surface area (Å²) < 4.78 is 12.6. The molecule has 0 saturated carbocycles. The number of amides is 1. The minimum absolute atomic E-state index is 0.143. The van der Waals surface area contributed by atoms with E-state index in [-0.39, 0.29) is 11.7 Å². The minimum Gasteiger partial charge on any atom is -0.497 e. The van der Waals surface area contributed by atoms with Crippen molar-refractivity contribution in [2.75, 3.05) is 25.3 Å². The summed E-state index contributed by atoms with van der Waals surface area (Å²) in [6.45, 7) is 4.30. The first kappa shape index (κ1) is 24.3. The number of hydrogen-bond donors (Lipinski definition) is 1. The van der Waals surface area contributed by atoms with Crippen LogP contribution in [-0.2, 0) is 4.79 Å². The number of hydrogen-bond acceptors (Lipinski definition) is 7. The molecule has 0 radical (unpaired) electrons. The number of anilines is 1. The number of ether oxygens (including phenoxy) is 2. The van der Waals surface area contributed by atoms with Gasteiger partial charge < -0.3 is 14.8 Å². The van der Waals surface area contributed by atoms with Crippen molar-refractivity contribution >= 4 is 23.4 Å². The van der Waals surface area contributed by atoms with Gasteiger partial charge in [-0.05, 0) is 41.8 Å². The van der Waals surface area contributed by atoms with Crippen molar-refractivity contribution in [1.82, 2.24) is 19.7 Å². The zero-order valence-corrected chi connectivity index (χ0v) is 20.9. The van der Waals surface area contributed by atoms with Crippen LogP contribution in [0.5, 0.6) is 11.5 Å². The molecule has 0 aliphatic heterocycles. The maximum Gasteiger partial charge on any atom is 0.234 e. The van der Waals surface area contributed by atoms with E-state index in [4.69, 9.17) is 9.47 Å². The standard InChI is InChI=1S/C26H27N5O3S/c1-17(2)20-9-5-6-10-22(20)31-25(18-8-7-13-27-15-18)29-30-26(31)35-16-24(32)28-21-12-11-19(33-3)14-23(21)34-4/h5-15,17H,16H2,1-4H3,(H,28,32). The molecule has 1 N–H and O–H groups in total. The molecular formula is C26H27N5O3S. The van der Waals surface area contributed by atoms with Crippen molar-refractivity contribution in [2.45, 2.75) is 24.9 Å². The highest BCUT2D eigenvalue weighted by Crippen LogP contribution is 2.33. The number of aromatic nitrogens is 4. The van der Waals surface area contributed by atoms with E-state index in [0.717, 1.165) is 16.8 Å². The fourth-order valence-corrected chi connectivity index (χ4v) is 4.40. The molecular weight excluding hydrogens is 462 g/mol. The van der Waals surface area contributed by atoms with E-state index in [9.17, 15) is 4.79 Å². The fourth-order valence-electron chi connectivity index (χ4n) is 3.66. The summed E-state index contributed by atoms with van der Waals surface area (Å²) in [6, 6.07) is 17.2. The van der Waals surface area contributed by atoms with Gasteiger partial charge in [0.1, 0.15) is 11.5 Å². The SMILES string of the molecule is COc1ccc(NC(=O)CSc2nnc(-c3cccnc3)n2-c2ccccc2C(C)C)c(OC)c1. The quantitative estimate of drug-likeness (QED) is 0.323. The highest BCUT2D eigenvalue weighted by atomic mass is 32.2. The van der Waals surface area contributed by atoms with E-state index in [0.29, 0.717) is 34.1 Å². The lowest BCUT2D eigenvalue weighted by Gasteiger charge is -2.17. The van der Waals surface area contributed by atoms with Crippen LogP contribution in [0.3, 0.4) is 0 Å². The van der Waals surface area contributed by atoms with Gasteiger partial charge in [0.2, 0.25) is 5.91 Å². The van der Waals surface area contributed by atoms with Crippen LogP contribution in [0.4, 0.5) is 5.69 Å². The van der Waals surface area contributed by atoms with Crippen LogP contribution >= 0.6 is 11.8 Å². The lowest BCUT2D eigenvalue weighted by Crippen LogP contribution is -2.15. The van der Waals surface area contributed by atoms with E-state index < -0.39 is 0 Å². The van der Waals surface area contributed by atoms with Crippen molar-refractivity contribution in [3.63, 3.8) is 0 Å². The first-order valence-electron chi connectivity index (χ1n) is 11.1. The van der Waals surface area contributed by atoms with Gasteiger partial charge in [-0.15, -0.1) is 10.2 Å². The second-order valence-corrected chi connectivity index (χ2v) is 8.94. The number of thioether (sulfide) groups is 1. The highest BCUT2D eigenvalue weighted by Gasteiger charge is 2.20. The Labute approximate surface area is 208 Å². The Morgan fingerprint density at radius 1 is 1.06 bits per heavy atom. The molecule has 0 aliphatic carbocycles. The smallest absolute Gasteiger partial charge is 0.234 e. The zero-order valence-electron chi connectivity index (χ0n) is 20.1. The van der Waals surface area contributed by atoms with Crippen LogP contribution < -0.4 is 14.8 Å². The Bertz CT molecular complexity index is 1310. The number of rotatable bonds is 9. The fraction of sp³-hybridized carbons (Fsp3) is 0.231. The van der Waals surface area contributed by atoms with Gasteiger partial charge in [0.15, 0.2) is 11.0 Å². The summed E-state index contributed by atoms with van der Waals surface area (Å²) in [4.78, 5) is 17.1. The van der Waals surface area contributed by atoms with Gasteiger partial charge in [0, 0.05) is 24.0 Å². The molecule has 1 amide bonds. The first-order valence-corrected chi connectivity index (χ1v) is 12.1. The van der Waals surface area contributed by atoms with Crippen LogP contribution in [0.1, 0.15) is 25.3 Å². The molecule has 8 nitrogen and oxygen atoms in total. The van der Waals surface area contributed by atoms with Gasteiger partial charge in [-0.25, -0.2) is 0 Å². The molecule has 35 heavy (non-hydrogen) atoms. The summed E-state index contributed by atoms with van der Waals surface area (Å²) in [5, 5.41) is 12.4. The number of pyridine rings is 1. The molecule has 0 bridgehead atoms. The second kappa shape index (κ2) is 11.1. The van der Waals surface area contributed by atoms with Crippen molar-refractivity contribution in [1.29, 1.82) is 0 Å². The van der Waals surface area contributed by atoms with Crippen LogP contribution in [0.15, 0.2) is 72.1 Å². The van der Waals surface area contributed by atoms with Crippen molar-refractivity contribution in [3.8, 4) is 28.6 Å². The molecule has 0 spiro atoms. The maximum atomic E-state index is 12.8. The van der Waals surface area contributed by atoms with E-state index in [1.807, 2.05) is 34.9 Å². The van der Waals surface area contributed by atoms with E-state index in [1.54, 1.807) is 44.8 Å². The van der Waals surface area contributed by atoms with Gasteiger partial charge in [-0.2, -0.15) is 0 Å². The number of para-hydroxylation sites is 1. The summed E-state index contributed by atoms with van der Waals surface area (Å²) in [6.07, 6.45) is 3.48. The lowest BCUT2D eigenvalue weighted by molar-refractivity contribution is -0.113. The van der Waals surface area contributed by atoms with Gasteiger partial charge >= 0.3 is 0 Å². The molecule has 0 unspecified atom stereocenters. The Balaban J connectivity index is 1.63. The molecule has 0 saturated heterocycles. The topological polar surface area (TPSA) is 91.2 Å². The Morgan fingerprint density at radius 2 is 1.89 bits per heavy atom. The lowest BCUT2D eigenvalue weighted by atomic mass is 10.0. The molecule has 0 fully saturated rings. The molecule has 4 rings (SSSR count). The van der Waals surface area contributed by atoms with Gasteiger partial charge in [-0.3, -0.25) is 14.3 Å². The largest absolute Gasteiger partial charge is 0.497 e. The van der Waals surface area contributed by atoms with Crippen LogP contribution in [0.25, 0.3) is 17.1 Å². The van der Waals surface area contributed by atoms with E-state index >= 15 is 0 Å². The maximum absolute atomic E-state index is 12.8. The van der Waals surface area contributed by atoms with Crippen LogP contribution in [-0.4, -0.2) is 45.6 Å². The van der Waals surface area contributed by atoms with E-state index in [1.165, 1.54) is 11.8 Å². The highest BCUT2D eigenvalue weighted by molar-refractivity contribution is 7.99. The molecule has 2 aromatic carbocycles. The zero-order chi connectivity index (χ0) is 24.8. The number of carbonyl (C=O) groups is 1. The normalized spacial score (nSPS) is 10.9. The average Bonchev–Trinajstić information content (AvgIpc) is 3.32. The second-order valence-electron chi connectivity index (χ2n) is 8.00. The van der Waals surface area contributed by atoms with Crippen LogP contribution in [0, 0.1) is 0 Å². The monoisotopic (exact) mass is 489 g/mol. The van der Waals surface area contributed by atoms with Crippen LogP contribution in [0.2, 0.25) is 0 Å². The van der Waals surface area contributed by atoms with Gasteiger partial charge in [0.05, 0.1) is 31.3 Å². The summed E-state index contributed by atoms with van der Waals surface area (Å²) in [5.41, 5.74) is 3.55. The summed E-state index contributed by atoms with van der Waals surface area (Å²) in [5.74, 6) is 2.09. The van der Waals surface area contributed by atoms with Gasteiger partial charge in [-0.1, -0.05) is 43.8 Å².